The van der Waals surface area contributed by atoms with Crippen LogP contribution in [0.2, 0.25) is 0 Å². The molecule has 0 aromatic heterocycles. The minimum absolute atomic E-state index is 0.426. The van der Waals surface area contributed by atoms with Crippen LogP contribution in [0, 0.1) is 18.3 Å². The van der Waals surface area contributed by atoms with Crippen molar-refractivity contribution in [3.63, 3.8) is 0 Å². The van der Waals surface area contributed by atoms with E-state index in [4.69, 9.17) is 5.26 Å². The molecule has 0 spiro atoms. The molecular formula is C13H18N2. The van der Waals surface area contributed by atoms with Crippen molar-refractivity contribution in [2.45, 2.75) is 32.7 Å². The Morgan fingerprint density at radius 1 is 1.27 bits per heavy atom. The van der Waals surface area contributed by atoms with Gasteiger partial charge in [0.15, 0.2) is 0 Å². The van der Waals surface area contributed by atoms with Crippen LogP contribution in [0.5, 0.6) is 0 Å². The molecule has 0 heterocycles. The largest absolute Gasteiger partial charge is 0.300 e. The van der Waals surface area contributed by atoms with Gasteiger partial charge in [0, 0.05) is 6.54 Å². The lowest BCUT2D eigenvalue weighted by molar-refractivity contribution is 0.490. The van der Waals surface area contributed by atoms with E-state index in [1.807, 2.05) is 13.8 Å². The van der Waals surface area contributed by atoms with Crippen LogP contribution in [0.25, 0.3) is 0 Å². The summed E-state index contributed by atoms with van der Waals surface area (Å²) < 4.78 is 0. The highest BCUT2D eigenvalue weighted by Gasteiger charge is 2.13. The summed E-state index contributed by atoms with van der Waals surface area (Å²) in [5.74, 6) is 0. The van der Waals surface area contributed by atoms with Crippen molar-refractivity contribution in [2.75, 3.05) is 6.54 Å². The number of hydrogen-bond donors (Lipinski definition) is 1. The Morgan fingerprint density at radius 2 is 1.87 bits per heavy atom. The van der Waals surface area contributed by atoms with E-state index in [1.54, 1.807) is 0 Å². The summed E-state index contributed by atoms with van der Waals surface area (Å²) in [4.78, 5) is 0. The SMILES string of the molecule is Cc1ccc(CCNC(C)(C)C#N)cc1. The summed E-state index contributed by atoms with van der Waals surface area (Å²) in [5.41, 5.74) is 2.16. The maximum atomic E-state index is 8.82. The molecule has 0 aliphatic heterocycles. The van der Waals surface area contributed by atoms with Gasteiger partial charge in [0.25, 0.3) is 0 Å². The molecule has 1 aromatic rings. The highest BCUT2D eigenvalue weighted by molar-refractivity contribution is 5.21. The number of aryl methyl sites for hydroxylation is 1. The average molecular weight is 202 g/mol. The molecule has 1 rings (SSSR count). The van der Waals surface area contributed by atoms with Gasteiger partial charge in [0.2, 0.25) is 0 Å². The number of nitrogens with zero attached hydrogens (tertiary/aromatic N) is 1. The van der Waals surface area contributed by atoms with Gasteiger partial charge in [0.1, 0.15) is 5.54 Å². The van der Waals surface area contributed by atoms with Crippen LogP contribution in [0.3, 0.4) is 0 Å². The van der Waals surface area contributed by atoms with E-state index in [-0.39, 0.29) is 0 Å². The molecule has 0 fully saturated rings. The van der Waals surface area contributed by atoms with Crippen molar-refractivity contribution in [3.05, 3.63) is 35.4 Å². The second-order valence-corrected chi connectivity index (χ2v) is 4.40. The summed E-state index contributed by atoms with van der Waals surface area (Å²) in [7, 11) is 0. The molecule has 0 saturated heterocycles. The molecule has 1 aromatic carbocycles. The standard InChI is InChI=1S/C13H18N2/c1-11-4-6-12(7-5-11)8-9-15-13(2,3)10-14/h4-7,15H,8-9H2,1-3H3. The fourth-order valence-electron chi connectivity index (χ4n) is 1.31. The van der Waals surface area contributed by atoms with Crippen molar-refractivity contribution in [1.82, 2.24) is 5.32 Å². The third-order valence-corrected chi connectivity index (χ3v) is 2.38. The van der Waals surface area contributed by atoms with E-state index in [2.05, 4.69) is 42.6 Å². The maximum absolute atomic E-state index is 8.82. The first kappa shape index (κ1) is 11.7. The second-order valence-electron chi connectivity index (χ2n) is 4.40. The topological polar surface area (TPSA) is 35.8 Å². The molecular weight excluding hydrogens is 184 g/mol. The van der Waals surface area contributed by atoms with Crippen LogP contribution >= 0.6 is 0 Å². The quantitative estimate of drug-likeness (QED) is 0.814. The Kier molecular flexibility index (Phi) is 3.88. The molecule has 0 unspecified atom stereocenters. The number of nitriles is 1. The fraction of sp³-hybridized carbons (Fsp3) is 0.462. The van der Waals surface area contributed by atoms with Crippen LogP contribution in [0.1, 0.15) is 25.0 Å². The molecule has 0 aliphatic rings. The molecule has 2 heteroatoms. The van der Waals surface area contributed by atoms with Gasteiger partial charge in [-0.3, -0.25) is 5.32 Å². The average Bonchev–Trinajstić information content (AvgIpc) is 2.21. The van der Waals surface area contributed by atoms with Crippen LogP contribution in [0.4, 0.5) is 0 Å². The Labute approximate surface area is 91.9 Å². The zero-order valence-corrected chi connectivity index (χ0v) is 9.67. The lowest BCUT2D eigenvalue weighted by Crippen LogP contribution is -2.38. The second kappa shape index (κ2) is 4.95. The molecule has 0 amide bonds. The summed E-state index contributed by atoms with van der Waals surface area (Å²) >= 11 is 0. The van der Waals surface area contributed by atoms with Gasteiger partial charge < -0.3 is 0 Å². The number of hydrogen-bond acceptors (Lipinski definition) is 2. The van der Waals surface area contributed by atoms with E-state index in [0.717, 1.165) is 13.0 Å². The predicted octanol–water partition coefficient (Wildman–Crippen LogP) is 2.43. The monoisotopic (exact) mass is 202 g/mol. The smallest absolute Gasteiger partial charge is 0.101 e. The molecule has 0 aliphatic carbocycles. The fourth-order valence-corrected chi connectivity index (χ4v) is 1.31. The van der Waals surface area contributed by atoms with Gasteiger partial charge in [0.05, 0.1) is 6.07 Å². The van der Waals surface area contributed by atoms with Gasteiger partial charge in [-0.1, -0.05) is 29.8 Å². The molecule has 0 radical (unpaired) electrons. The van der Waals surface area contributed by atoms with Crippen molar-refractivity contribution in [2.24, 2.45) is 0 Å². The van der Waals surface area contributed by atoms with Gasteiger partial charge in [-0.05, 0) is 32.8 Å². The first-order valence-electron chi connectivity index (χ1n) is 5.25. The van der Waals surface area contributed by atoms with E-state index >= 15 is 0 Å². The summed E-state index contributed by atoms with van der Waals surface area (Å²) in [5, 5.41) is 12.0. The van der Waals surface area contributed by atoms with Crippen molar-refractivity contribution >= 4 is 0 Å². The molecule has 0 saturated carbocycles. The zero-order valence-electron chi connectivity index (χ0n) is 9.67. The Morgan fingerprint density at radius 3 is 2.40 bits per heavy atom. The highest BCUT2D eigenvalue weighted by atomic mass is 14.9. The van der Waals surface area contributed by atoms with E-state index < -0.39 is 5.54 Å². The lowest BCUT2D eigenvalue weighted by Gasteiger charge is -2.17. The lowest BCUT2D eigenvalue weighted by atomic mass is 10.1. The molecule has 80 valence electrons. The summed E-state index contributed by atoms with van der Waals surface area (Å²) in [6.07, 6.45) is 0.964. The Hall–Kier alpha value is -1.33. The predicted molar refractivity (Wildman–Crippen MR) is 62.6 cm³/mol. The van der Waals surface area contributed by atoms with E-state index in [9.17, 15) is 0 Å². The highest BCUT2D eigenvalue weighted by Crippen LogP contribution is 2.04. The van der Waals surface area contributed by atoms with Gasteiger partial charge in [-0.2, -0.15) is 5.26 Å². The van der Waals surface area contributed by atoms with Gasteiger partial charge in [-0.25, -0.2) is 0 Å². The first-order valence-corrected chi connectivity index (χ1v) is 5.25. The number of nitrogens with one attached hydrogen (secondary N) is 1. The molecule has 0 bridgehead atoms. The van der Waals surface area contributed by atoms with Crippen molar-refractivity contribution in [1.29, 1.82) is 5.26 Å². The van der Waals surface area contributed by atoms with Gasteiger partial charge in [-0.15, -0.1) is 0 Å². The van der Waals surface area contributed by atoms with Crippen LogP contribution in [0.15, 0.2) is 24.3 Å². The number of benzene rings is 1. The first-order chi connectivity index (χ1) is 7.03. The third-order valence-electron chi connectivity index (χ3n) is 2.38. The molecule has 15 heavy (non-hydrogen) atoms. The maximum Gasteiger partial charge on any atom is 0.101 e. The van der Waals surface area contributed by atoms with Crippen molar-refractivity contribution in [3.8, 4) is 6.07 Å². The normalized spacial score (nSPS) is 11.1. The summed E-state index contributed by atoms with van der Waals surface area (Å²) in [6.45, 7) is 6.70. The number of rotatable bonds is 4. The zero-order chi connectivity index (χ0) is 11.3. The van der Waals surface area contributed by atoms with Crippen LogP contribution in [-0.2, 0) is 6.42 Å². The molecule has 1 N–H and O–H groups in total. The van der Waals surface area contributed by atoms with E-state index in [0.29, 0.717) is 0 Å². The van der Waals surface area contributed by atoms with E-state index in [1.165, 1.54) is 11.1 Å². The summed E-state index contributed by atoms with van der Waals surface area (Å²) in [6, 6.07) is 10.7. The molecule has 0 atom stereocenters. The van der Waals surface area contributed by atoms with Gasteiger partial charge >= 0.3 is 0 Å². The minimum Gasteiger partial charge on any atom is -0.300 e. The molecule has 2 nitrogen and oxygen atoms in total. The Bertz CT molecular complexity index is 344. The Balaban J connectivity index is 2.39. The van der Waals surface area contributed by atoms with Crippen LogP contribution < -0.4 is 5.32 Å². The third kappa shape index (κ3) is 4.14. The minimum atomic E-state index is -0.426. The van der Waals surface area contributed by atoms with Crippen LogP contribution in [-0.4, -0.2) is 12.1 Å². The van der Waals surface area contributed by atoms with Crippen molar-refractivity contribution < 1.29 is 0 Å².